The van der Waals surface area contributed by atoms with E-state index in [1.807, 2.05) is 18.2 Å². The largest absolute Gasteiger partial charge is 0.305 e. The van der Waals surface area contributed by atoms with E-state index in [0.717, 1.165) is 16.8 Å². The summed E-state index contributed by atoms with van der Waals surface area (Å²) in [6.07, 6.45) is 1.81. The molecule has 0 unspecified atom stereocenters. The van der Waals surface area contributed by atoms with E-state index in [4.69, 9.17) is 0 Å². The Hall–Kier alpha value is -0.981. The van der Waals surface area contributed by atoms with Crippen LogP contribution in [0.15, 0.2) is 36.5 Å². The Morgan fingerprint density at radius 2 is 1.93 bits per heavy atom. The monoisotopic (exact) mass is 375 g/mol. The van der Waals surface area contributed by atoms with Crippen molar-refractivity contribution < 1.29 is 20.1 Å². The Kier molecular flexibility index (Phi) is 4.19. The third-order valence-electron chi connectivity index (χ3n) is 2.09. The molecule has 0 fully saturated rings. The summed E-state index contributed by atoms with van der Waals surface area (Å²) in [5.74, 6) is 0. The van der Waals surface area contributed by atoms with Gasteiger partial charge in [-0.2, -0.15) is 0 Å². The fourth-order valence-corrected chi connectivity index (χ4v) is 1.56. The molecule has 0 amide bonds. The van der Waals surface area contributed by atoms with Crippen LogP contribution in [0.4, 0.5) is 0 Å². The molecular formula is C13H12IrN-. The zero-order chi connectivity index (χ0) is 9.97. The van der Waals surface area contributed by atoms with Gasteiger partial charge < -0.3 is 4.98 Å². The molecule has 0 aliphatic rings. The first-order valence-electron chi connectivity index (χ1n) is 4.68. The Labute approximate surface area is 104 Å². The quantitative estimate of drug-likeness (QED) is 0.699. The van der Waals surface area contributed by atoms with Gasteiger partial charge in [0.05, 0.1) is 0 Å². The summed E-state index contributed by atoms with van der Waals surface area (Å²) in [5.41, 5.74) is 4.47. The van der Waals surface area contributed by atoms with Gasteiger partial charge in [0.15, 0.2) is 0 Å². The Morgan fingerprint density at radius 1 is 1.13 bits per heavy atom. The van der Waals surface area contributed by atoms with Crippen LogP contribution < -0.4 is 0 Å². The molecule has 1 nitrogen and oxygen atoms in total. The van der Waals surface area contributed by atoms with Gasteiger partial charge in [-0.05, 0) is 11.8 Å². The molecule has 2 rings (SSSR count). The van der Waals surface area contributed by atoms with E-state index in [0.29, 0.717) is 0 Å². The van der Waals surface area contributed by atoms with Gasteiger partial charge in [0.25, 0.3) is 0 Å². The van der Waals surface area contributed by atoms with Crippen molar-refractivity contribution in [2.75, 3.05) is 0 Å². The number of aromatic nitrogens is 1. The van der Waals surface area contributed by atoms with E-state index >= 15 is 0 Å². The van der Waals surface area contributed by atoms with E-state index in [2.05, 4.69) is 37.0 Å². The number of hydrogen-bond acceptors (Lipinski definition) is 1. The van der Waals surface area contributed by atoms with Crippen molar-refractivity contribution in [1.29, 1.82) is 0 Å². The molecule has 0 atom stereocenters. The molecule has 0 spiro atoms. The van der Waals surface area contributed by atoms with Crippen molar-refractivity contribution in [3.63, 3.8) is 0 Å². The number of nitrogens with zero attached hydrogens (tertiary/aromatic N) is 1. The molecule has 1 heterocycles. The maximum Gasteiger partial charge on any atom is 0.0160 e. The molecule has 0 N–H and O–H groups in total. The van der Waals surface area contributed by atoms with Crippen molar-refractivity contribution in [2.24, 2.45) is 0 Å². The Morgan fingerprint density at radius 3 is 2.53 bits per heavy atom. The minimum Gasteiger partial charge on any atom is -0.305 e. The summed E-state index contributed by atoms with van der Waals surface area (Å²) in [6, 6.07) is 13.4. The first kappa shape index (κ1) is 12.1. The third-order valence-corrected chi connectivity index (χ3v) is 2.09. The Bertz CT molecular complexity index is 417. The summed E-state index contributed by atoms with van der Waals surface area (Å²) in [4.78, 5) is 4.30. The average molecular weight is 374 g/mol. The van der Waals surface area contributed by atoms with Gasteiger partial charge in [0.2, 0.25) is 0 Å². The number of benzene rings is 1. The number of aryl methyl sites for hydroxylation is 2. The van der Waals surface area contributed by atoms with Gasteiger partial charge in [0.1, 0.15) is 0 Å². The van der Waals surface area contributed by atoms with E-state index < -0.39 is 0 Å². The van der Waals surface area contributed by atoms with E-state index in [9.17, 15) is 0 Å². The maximum absolute atomic E-state index is 4.30. The van der Waals surface area contributed by atoms with E-state index in [-0.39, 0.29) is 20.1 Å². The van der Waals surface area contributed by atoms with Crippen LogP contribution in [0, 0.1) is 19.9 Å². The molecule has 1 aromatic heterocycles. The van der Waals surface area contributed by atoms with E-state index in [1.165, 1.54) is 5.56 Å². The summed E-state index contributed by atoms with van der Waals surface area (Å²) in [6.45, 7) is 4.15. The zero-order valence-corrected chi connectivity index (χ0v) is 11.1. The van der Waals surface area contributed by atoms with Gasteiger partial charge in [0, 0.05) is 26.3 Å². The van der Waals surface area contributed by atoms with Gasteiger partial charge in [-0.1, -0.05) is 26.0 Å². The minimum absolute atomic E-state index is 0. The molecule has 15 heavy (non-hydrogen) atoms. The first-order valence-corrected chi connectivity index (χ1v) is 4.68. The van der Waals surface area contributed by atoms with Crippen LogP contribution >= 0.6 is 0 Å². The van der Waals surface area contributed by atoms with Crippen LogP contribution in [0.1, 0.15) is 11.1 Å². The zero-order valence-electron chi connectivity index (χ0n) is 8.74. The molecule has 2 heteroatoms. The van der Waals surface area contributed by atoms with Crippen LogP contribution in [0.2, 0.25) is 0 Å². The SMILES string of the molecule is Cc1[c-]c(-c2ccccn2)cc(C)c1.[Ir]. The van der Waals surface area contributed by atoms with Gasteiger partial charge in [-0.15, -0.1) is 34.9 Å². The average Bonchev–Trinajstić information content (AvgIpc) is 2.18. The van der Waals surface area contributed by atoms with Crippen LogP contribution in [0.3, 0.4) is 0 Å². The number of rotatable bonds is 1. The fraction of sp³-hybridized carbons (Fsp3) is 0.154. The molecule has 1 aromatic carbocycles. The van der Waals surface area contributed by atoms with Crippen LogP contribution in [0.5, 0.6) is 0 Å². The van der Waals surface area contributed by atoms with Crippen molar-refractivity contribution in [3.8, 4) is 11.3 Å². The summed E-state index contributed by atoms with van der Waals surface area (Å²) >= 11 is 0. The van der Waals surface area contributed by atoms with Crippen LogP contribution in [-0.4, -0.2) is 4.98 Å². The third kappa shape index (κ3) is 2.98. The molecule has 0 aliphatic heterocycles. The molecule has 79 valence electrons. The summed E-state index contributed by atoms with van der Waals surface area (Å²) < 4.78 is 0. The minimum atomic E-state index is 0. The molecule has 0 saturated carbocycles. The second-order valence-corrected chi connectivity index (χ2v) is 3.47. The van der Waals surface area contributed by atoms with Gasteiger partial charge in [-0.3, -0.25) is 0 Å². The summed E-state index contributed by atoms with van der Waals surface area (Å²) in [5, 5.41) is 0. The number of hydrogen-bond donors (Lipinski definition) is 0. The predicted molar refractivity (Wildman–Crippen MR) is 58.0 cm³/mol. The Balaban J connectivity index is 0.00000112. The molecule has 1 radical (unpaired) electrons. The fourth-order valence-electron chi connectivity index (χ4n) is 1.56. The maximum atomic E-state index is 4.30. The topological polar surface area (TPSA) is 12.9 Å². The summed E-state index contributed by atoms with van der Waals surface area (Å²) in [7, 11) is 0. The van der Waals surface area contributed by atoms with Crippen molar-refractivity contribution in [3.05, 3.63) is 53.7 Å². The van der Waals surface area contributed by atoms with Crippen LogP contribution in [-0.2, 0) is 20.1 Å². The predicted octanol–water partition coefficient (Wildman–Crippen LogP) is 3.16. The normalized spacial score (nSPS) is 9.47. The van der Waals surface area contributed by atoms with Crippen LogP contribution in [0.25, 0.3) is 11.3 Å². The second-order valence-electron chi connectivity index (χ2n) is 3.47. The molecule has 0 aliphatic carbocycles. The van der Waals surface area contributed by atoms with Crippen molar-refractivity contribution in [2.45, 2.75) is 13.8 Å². The van der Waals surface area contributed by atoms with Gasteiger partial charge >= 0.3 is 0 Å². The standard InChI is InChI=1S/C13H12N.Ir/c1-10-7-11(2)9-12(8-10)13-5-3-4-6-14-13;/h3-8H,1-2H3;/q-1;. The first-order chi connectivity index (χ1) is 6.75. The molecule has 2 aromatic rings. The molecule has 0 bridgehead atoms. The number of pyridine rings is 1. The smallest absolute Gasteiger partial charge is 0.0160 e. The molecular weight excluding hydrogens is 362 g/mol. The van der Waals surface area contributed by atoms with Crippen molar-refractivity contribution in [1.82, 2.24) is 4.98 Å². The van der Waals surface area contributed by atoms with Crippen molar-refractivity contribution >= 4 is 0 Å². The van der Waals surface area contributed by atoms with E-state index in [1.54, 1.807) is 6.20 Å². The molecule has 0 saturated heterocycles. The van der Waals surface area contributed by atoms with Gasteiger partial charge in [-0.25, -0.2) is 0 Å². The second kappa shape index (κ2) is 5.20.